The van der Waals surface area contributed by atoms with Crippen LogP contribution in [0.4, 0.5) is 0 Å². The zero-order valence-corrected chi connectivity index (χ0v) is 15.4. The maximum Gasteiger partial charge on any atom is 0.251 e. The van der Waals surface area contributed by atoms with Crippen LogP contribution >= 0.6 is 15.9 Å². The summed E-state index contributed by atoms with van der Waals surface area (Å²) < 4.78 is 11.7. The van der Waals surface area contributed by atoms with E-state index in [1.165, 1.54) is 0 Å². The van der Waals surface area contributed by atoms with E-state index >= 15 is 0 Å². The molecule has 1 N–H and O–H groups in total. The molecule has 1 heterocycles. The molecule has 0 saturated heterocycles. The molecule has 132 valence electrons. The van der Waals surface area contributed by atoms with Gasteiger partial charge in [-0.05, 0) is 48.0 Å². The molecule has 0 aliphatic carbocycles. The van der Waals surface area contributed by atoms with E-state index in [1.807, 2.05) is 6.07 Å². The number of ether oxygens (including phenoxy) is 1. The molecule has 0 aliphatic rings. The van der Waals surface area contributed by atoms with Gasteiger partial charge < -0.3 is 14.5 Å². The Balaban J connectivity index is 1.64. The number of rotatable bonds is 7. The second-order valence-electron chi connectivity index (χ2n) is 5.55. The van der Waals surface area contributed by atoms with Crippen molar-refractivity contribution < 1.29 is 18.7 Å². The normalized spacial score (nSPS) is 10.3. The van der Waals surface area contributed by atoms with Gasteiger partial charge in [0.1, 0.15) is 18.1 Å². The van der Waals surface area contributed by atoms with Gasteiger partial charge in [0.05, 0.1) is 18.4 Å². The highest BCUT2D eigenvalue weighted by atomic mass is 79.9. The Hall–Kier alpha value is -2.86. The molecule has 3 aromatic rings. The summed E-state index contributed by atoms with van der Waals surface area (Å²) in [6, 6.07) is 16.0. The standard InChI is InChI=1S/C20H16BrNO4/c21-17-6-7-19(16(10-17)12-23)26-13-14-3-1-4-15(9-14)20(24)22-11-18-5-2-8-25-18/h1-10,12H,11,13H2,(H,22,24). The van der Waals surface area contributed by atoms with Crippen LogP contribution in [0.15, 0.2) is 69.8 Å². The number of carbonyl (C=O) groups is 2. The molecule has 0 bridgehead atoms. The summed E-state index contributed by atoms with van der Waals surface area (Å²) in [6.07, 6.45) is 2.31. The Kier molecular flexibility index (Phi) is 5.86. The second kappa shape index (κ2) is 8.49. The molecule has 0 radical (unpaired) electrons. The molecule has 0 aliphatic heterocycles. The number of nitrogens with one attached hydrogen (secondary N) is 1. The number of aldehydes is 1. The first kappa shape index (κ1) is 17.9. The summed E-state index contributed by atoms with van der Waals surface area (Å²) in [5, 5.41) is 2.80. The molecular formula is C20H16BrNO4. The van der Waals surface area contributed by atoms with Gasteiger partial charge in [0.15, 0.2) is 6.29 Å². The summed E-state index contributed by atoms with van der Waals surface area (Å²) in [7, 11) is 0. The van der Waals surface area contributed by atoms with Gasteiger partial charge in [-0.15, -0.1) is 0 Å². The molecule has 0 atom stereocenters. The number of amides is 1. The SMILES string of the molecule is O=Cc1cc(Br)ccc1OCc1cccc(C(=O)NCc2ccco2)c1. The van der Waals surface area contributed by atoms with E-state index in [4.69, 9.17) is 9.15 Å². The van der Waals surface area contributed by atoms with Crippen molar-refractivity contribution in [1.82, 2.24) is 5.32 Å². The maximum absolute atomic E-state index is 12.3. The van der Waals surface area contributed by atoms with Gasteiger partial charge in [-0.2, -0.15) is 0 Å². The van der Waals surface area contributed by atoms with E-state index in [9.17, 15) is 9.59 Å². The van der Waals surface area contributed by atoms with E-state index < -0.39 is 0 Å². The Labute approximate surface area is 159 Å². The average molecular weight is 414 g/mol. The van der Waals surface area contributed by atoms with Crippen LogP contribution in [0.3, 0.4) is 0 Å². The minimum absolute atomic E-state index is 0.194. The Morgan fingerprint density at radius 1 is 1.15 bits per heavy atom. The summed E-state index contributed by atoms with van der Waals surface area (Å²) >= 11 is 3.32. The van der Waals surface area contributed by atoms with Crippen LogP contribution in [-0.2, 0) is 13.2 Å². The fourth-order valence-electron chi connectivity index (χ4n) is 2.39. The third-order valence-electron chi connectivity index (χ3n) is 3.69. The van der Waals surface area contributed by atoms with Crippen molar-refractivity contribution in [3.05, 3.63) is 87.8 Å². The lowest BCUT2D eigenvalue weighted by Crippen LogP contribution is -2.22. The third-order valence-corrected chi connectivity index (χ3v) is 4.18. The molecular weight excluding hydrogens is 398 g/mol. The number of hydrogen-bond donors (Lipinski definition) is 1. The fourth-order valence-corrected chi connectivity index (χ4v) is 2.77. The number of hydrogen-bond acceptors (Lipinski definition) is 4. The van der Waals surface area contributed by atoms with E-state index in [0.29, 0.717) is 29.2 Å². The number of benzene rings is 2. The van der Waals surface area contributed by atoms with Gasteiger partial charge in [0, 0.05) is 10.0 Å². The van der Waals surface area contributed by atoms with Crippen LogP contribution in [0.5, 0.6) is 5.75 Å². The lowest BCUT2D eigenvalue weighted by atomic mass is 10.1. The highest BCUT2D eigenvalue weighted by Gasteiger charge is 2.08. The van der Waals surface area contributed by atoms with Crippen LogP contribution in [-0.4, -0.2) is 12.2 Å². The molecule has 0 unspecified atom stereocenters. The van der Waals surface area contributed by atoms with E-state index in [0.717, 1.165) is 16.3 Å². The molecule has 0 spiro atoms. The number of furan rings is 1. The maximum atomic E-state index is 12.3. The number of carbonyl (C=O) groups excluding carboxylic acids is 2. The Morgan fingerprint density at radius 3 is 2.81 bits per heavy atom. The van der Waals surface area contributed by atoms with Crippen molar-refractivity contribution in [2.24, 2.45) is 0 Å². The summed E-state index contributed by atoms with van der Waals surface area (Å²) in [6.45, 7) is 0.579. The Morgan fingerprint density at radius 2 is 2.04 bits per heavy atom. The van der Waals surface area contributed by atoms with E-state index in [2.05, 4.69) is 21.2 Å². The summed E-state index contributed by atoms with van der Waals surface area (Å²) in [5.74, 6) is 0.991. The predicted molar refractivity (Wildman–Crippen MR) is 100 cm³/mol. The number of halogens is 1. The zero-order chi connectivity index (χ0) is 18.4. The lowest BCUT2D eigenvalue weighted by molar-refractivity contribution is 0.0947. The monoisotopic (exact) mass is 413 g/mol. The van der Waals surface area contributed by atoms with E-state index in [1.54, 1.807) is 54.8 Å². The predicted octanol–water partition coefficient (Wildman–Crippen LogP) is 4.36. The van der Waals surface area contributed by atoms with Crippen LogP contribution in [0.25, 0.3) is 0 Å². The second-order valence-corrected chi connectivity index (χ2v) is 6.47. The van der Waals surface area contributed by atoms with Crippen LogP contribution in [0.1, 0.15) is 32.0 Å². The van der Waals surface area contributed by atoms with Crippen LogP contribution in [0, 0.1) is 0 Å². The van der Waals surface area contributed by atoms with Gasteiger partial charge >= 0.3 is 0 Å². The molecule has 1 amide bonds. The van der Waals surface area contributed by atoms with Gasteiger partial charge in [0.25, 0.3) is 5.91 Å². The highest BCUT2D eigenvalue weighted by Crippen LogP contribution is 2.22. The quantitative estimate of drug-likeness (QED) is 0.584. The van der Waals surface area contributed by atoms with Gasteiger partial charge in [-0.25, -0.2) is 0 Å². The van der Waals surface area contributed by atoms with Gasteiger partial charge in [-0.1, -0.05) is 28.1 Å². The molecule has 26 heavy (non-hydrogen) atoms. The summed E-state index contributed by atoms with van der Waals surface area (Å²) in [5.41, 5.74) is 1.83. The minimum atomic E-state index is -0.194. The smallest absolute Gasteiger partial charge is 0.251 e. The van der Waals surface area contributed by atoms with E-state index in [-0.39, 0.29) is 12.5 Å². The van der Waals surface area contributed by atoms with Crippen molar-refractivity contribution >= 4 is 28.1 Å². The summed E-state index contributed by atoms with van der Waals surface area (Å²) in [4.78, 5) is 23.4. The molecule has 6 heteroatoms. The van der Waals surface area contributed by atoms with Crippen molar-refractivity contribution in [1.29, 1.82) is 0 Å². The van der Waals surface area contributed by atoms with Gasteiger partial charge in [0.2, 0.25) is 0 Å². The average Bonchev–Trinajstić information content (AvgIpc) is 3.19. The first-order chi connectivity index (χ1) is 12.7. The lowest BCUT2D eigenvalue weighted by Gasteiger charge is -2.10. The minimum Gasteiger partial charge on any atom is -0.488 e. The van der Waals surface area contributed by atoms with Crippen LogP contribution < -0.4 is 10.1 Å². The molecule has 5 nitrogen and oxygen atoms in total. The van der Waals surface area contributed by atoms with Crippen LogP contribution in [0.2, 0.25) is 0 Å². The molecule has 0 saturated carbocycles. The molecule has 0 fully saturated rings. The molecule has 3 rings (SSSR count). The van der Waals surface area contributed by atoms with Crippen molar-refractivity contribution in [2.75, 3.05) is 0 Å². The molecule has 1 aromatic heterocycles. The van der Waals surface area contributed by atoms with Gasteiger partial charge in [-0.3, -0.25) is 9.59 Å². The molecule has 2 aromatic carbocycles. The largest absolute Gasteiger partial charge is 0.488 e. The van der Waals surface area contributed by atoms with Crippen molar-refractivity contribution in [3.63, 3.8) is 0 Å². The highest BCUT2D eigenvalue weighted by molar-refractivity contribution is 9.10. The Bertz CT molecular complexity index is 906. The topological polar surface area (TPSA) is 68.5 Å². The first-order valence-corrected chi connectivity index (χ1v) is 8.72. The fraction of sp³-hybridized carbons (Fsp3) is 0.100. The van der Waals surface area contributed by atoms with Crippen molar-refractivity contribution in [3.8, 4) is 5.75 Å². The van der Waals surface area contributed by atoms with Crippen molar-refractivity contribution in [2.45, 2.75) is 13.2 Å². The first-order valence-electron chi connectivity index (χ1n) is 7.93. The third kappa shape index (κ3) is 4.61. The zero-order valence-electron chi connectivity index (χ0n) is 13.8.